The van der Waals surface area contributed by atoms with Crippen LogP contribution in [0.2, 0.25) is 5.02 Å². The lowest BCUT2D eigenvalue weighted by atomic mass is 10.5. The quantitative estimate of drug-likeness (QED) is 0.613. The van der Waals surface area contributed by atoms with Crippen molar-refractivity contribution < 1.29 is 8.95 Å². The first kappa shape index (κ1) is 13.7. The van der Waals surface area contributed by atoms with Gasteiger partial charge < -0.3 is 4.74 Å². The van der Waals surface area contributed by atoms with E-state index in [0.717, 1.165) is 0 Å². The van der Waals surface area contributed by atoms with Crippen LogP contribution in [0.1, 0.15) is 0 Å². The molecule has 0 saturated carbocycles. The van der Waals surface area contributed by atoms with Gasteiger partial charge in [0, 0.05) is 33.6 Å². The Balaban J connectivity index is 0.000000364. The van der Waals surface area contributed by atoms with Crippen LogP contribution >= 0.6 is 33.0 Å². The fraction of sp³-hybridized carbons (Fsp3) is 0. The molecule has 0 aliphatic carbocycles. The summed E-state index contributed by atoms with van der Waals surface area (Å²) in [6.07, 6.45) is 4.43. The van der Waals surface area contributed by atoms with Gasteiger partial charge in [0.2, 0.25) is 9.23 Å². The third-order valence-electron chi connectivity index (χ3n) is 0.899. The van der Waals surface area contributed by atoms with Crippen molar-refractivity contribution in [2.75, 3.05) is 0 Å². The average Bonchev–Trinajstić information content (AvgIpc) is 2.03. The molecule has 3 nitrogen and oxygen atoms in total. The van der Waals surface area contributed by atoms with E-state index in [4.69, 9.17) is 20.5 Å². The molecule has 0 spiro atoms. The van der Waals surface area contributed by atoms with Gasteiger partial charge in [0.05, 0.1) is 17.5 Å². The molecule has 0 saturated heterocycles. The van der Waals surface area contributed by atoms with E-state index in [9.17, 15) is 0 Å². The summed E-state index contributed by atoms with van der Waals surface area (Å²) in [6.45, 7) is 3.39. The van der Waals surface area contributed by atoms with Crippen LogP contribution in [-0.4, -0.2) is 9.19 Å². The van der Waals surface area contributed by atoms with E-state index in [1.165, 1.54) is 12.5 Å². The number of ether oxygens (including phenoxy) is 1. The molecule has 1 rings (SSSR count). The number of aromatic nitrogens is 1. The Morgan fingerprint density at radius 2 is 2.07 bits per heavy atom. The first-order chi connectivity index (χ1) is 6.56. The molecule has 0 radical (unpaired) electrons. The Morgan fingerprint density at radius 3 is 2.50 bits per heavy atom. The van der Waals surface area contributed by atoms with Crippen molar-refractivity contribution in [2.24, 2.45) is 0 Å². The Morgan fingerprint density at radius 1 is 1.50 bits per heavy atom. The normalized spacial score (nSPS) is 8.86. The van der Waals surface area contributed by atoms with Gasteiger partial charge in [-0.3, -0.25) is 4.98 Å². The number of nitrogens with zero attached hydrogens (tertiary/aromatic N) is 1. The van der Waals surface area contributed by atoms with E-state index < -0.39 is 9.23 Å². The zero-order valence-corrected chi connectivity index (χ0v) is 9.91. The minimum absolute atomic E-state index is 0.555. The SMILES string of the molecule is C=COc1cncc(Cl)c1.O=S(Cl)Cl. The average molecular weight is 275 g/mol. The van der Waals surface area contributed by atoms with Gasteiger partial charge in [0.15, 0.2) is 0 Å². The first-order valence-electron chi connectivity index (χ1n) is 3.18. The maximum atomic E-state index is 9.09. The minimum atomic E-state index is -1.67. The predicted octanol–water partition coefficient (Wildman–Crippen LogP) is 3.30. The smallest absolute Gasteiger partial charge is 0.211 e. The number of rotatable bonds is 2. The maximum absolute atomic E-state index is 9.09. The largest absolute Gasteiger partial charge is 0.464 e. The summed E-state index contributed by atoms with van der Waals surface area (Å²) in [7, 11) is 7.36. The van der Waals surface area contributed by atoms with Crippen molar-refractivity contribution in [1.82, 2.24) is 4.98 Å². The van der Waals surface area contributed by atoms with Gasteiger partial charge in [-0.05, 0) is 0 Å². The Bertz CT molecular complexity index is 318. The summed E-state index contributed by atoms with van der Waals surface area (Å²) in [4.78, 5) is 3.80. The highest BCUT2D eigenvalue weighted by molar-refractivity contribution is 8.26. The van der Waals surface area contributed by atoms with Crippen molar-refractivity contribution >= 4 is 42.2 Å². The highest BCUT2D eigenvalue weighted by atomic mass is 36.0. The summed E-state index contributed by atoms with van der Waals surface area (Å²) in [6, 6.07) is 1.66. The van der Waals surface area contributed by atoms with Crippen LogP contribution in [0.3, 0.4) is 0 Å². The molecule has 1 aromatic rings. The van der Waals surface area contributed by atoms with Crippen LogP contribution < -0.4 is 4.74 Å². The number of pyridine rings is 1. The summed E-state index contributed by atoms with van der Waals surface area (Å²) in [5.74, 6) is 0.600. The van der Waals surface area contributed by atoms with Gasteiger partial charge in [0.25, 0.3) is 0 Å². The maximum Gasteiger partial charge on any atom is 0.211 e. The second-order valence-corrected chi connectivity index (χ2v) is 4.77. The Kier molecular flexibility index (Phi) is 7.89. The standard InChI is InChI=1S/C7H6ClNO.Cl2OS/c1-2-10-7-3-6(8)4-9-5-7;1-4(2)3/h2-5H,1H2;. The molecule has 78 valence electrons. The van der Waals surface area contributed by atoms with Gasteiger partial charge >= 0.3 is 0 Å². The fourth-order valence-corrected chi connectivity index (χ4v) is 0.717. The van der Waals surface area contributed by atoms with Crippen LogP contribution in [0, 0.1) is 0 Å². The molecule has 1 heterocycles. The monoisotopic (exact) mass is 273 g/mol. The number of halogens is 3. The van der Waals surface area contributed by atoms with E-state index in [1.54, 1.807) is 12.3 Å². The Labute approximate surface area is 98.1 Å². The summed E-state index contributed by atoms with van der Waals surface area (Å²) in [5.41, 5.74) is 0. The molecular weight excluding hydrogens is 269 g/mol. The van der Waals surface area contributed by atoms with Gasteiger partial charge in [-0.2, -0.15) is 0 Å². The van der Waals surface area contributed by atoms with E-state index >= 15 is 0 Å². The third-order valence-corrected chi connectivity index (χ3v) is 1.11. The van der Waals surface area contributed by atoms with Crippen molar-refractivity contribution in [2.45, 2.75) is 0 Å². The molecule has 14 heavy (non-hydrogen) atoms. The second-order valence-electron chi connectivity index (χ2n) is 1.81. The number of hydrogen-bond acceptors (Lipinski definition) is 3. The van der Waals surface area contributed by atoms with Crippen molar-refractivity contribution in [3.63, 3.8) is 0 Å². The molecule has 0 aliphatic rings. The first-order valence-corrected chi connectivity index (χ1v) is 6.36. The van der Waals surface area contributed by atoms with E-state index in [2.05, 4.69) is 32.9 Å². The lowest BCUT2D eigenvalue weighted by Crippen LogP contribution is -1.81. The zero-order valence-electron chi connectivity index (χ0n) is 6.82. The molecule has 0 aromatic carbocycles. The van der Waals surface area contributed by atoms with Gasteiger partial charge in [-0.25, -0.2) is 4.21 Å². The number of hydrogen-bond donors (Lipinski definition) is 0. The second kappa shape index (κ2) is 8.05. The highest BCUT2D eigenvalue weighted by Gasteiger charge is 1.91. The molecule has 0 bridgehead atoms. The molecule has 0 atom stereocenters. The minimum Gasteiger partial charge on any atom is -0.464 e. The van der Waals surface area contributed by atoms with Crippen LogP contribution in [0.25, 0.3) is 0 Å². The molecule has 1 aromatic heterocycles. The Hall–Kier alpha value is -0.290. The molecular formula is C7H6Cl3NO2S. The van der Waals surface area contributed by atoms with Gasteiger partial charge in [-0.1, -0.05) is 18.2 Å². The van der Waals surface area contributed by atoms with Crippen molar-refractivity contribution in [1.29, 1.82) is 0 Å². The molecule has 7 heteroatoms. The summed E-state index contributed by atoms with van der Waals surface area (Å²) >= 11 is 5.60. The van der Waals surface area contributed by atoms with Crippen LogP contribution in [0.15, 0.2) is 31.3 Å². The predicted molar refractivity (Wildman–Crippen MR) is 59.9 cm³/mol. The van der Waals surface area contributed by atoms with E-state index in [1.807, 2.05) is 0 Å². The van der Waals surface area contributed by atoms with Crippen molar-refractivity contribution in [3.05, 3.63) is 36.3 Å². The zero-order chi connectivity index (χ0) is 11.0. The van der Waals surface area contributed by atoms with Crippen LogP contribution in [-0.2, 0) is 9.23 Å². The lowest BCUT2D eigenvalue weighted by molar-refractivity contribution is 0.481. The third kappa shape index (κ3) is 8.31. The lowest BCUT2D eigenvalue weighted by Gasteiger charge is -1.96. The summed E-state index contributed by atoms with van der Waals surface area (Å²) < 4.78 is 14.0. The molecule has 0 amide bonds. The molecule has 0 fully saturated rings. The van der Waals surface area contributed by atoms with Crippen LogP contribution in [0.5, 0.6) is 5.75 Å². The molecule has 0 N–H and O–H groups in total. The topological polar surface area (TPSA) is 39.2 Å². The van der Waals surface area contributed by atoms with Gasteiger partial charge in [-0.15, -0.1) is 0 Å². The highest BCUT2D eigenvalue weighted by Crippen LogP contribution is 2.14. The van der Waals surface area contributed by atoms with Crippen LogP contribution in [0.4, 0.5) is 0 Å². The molecule has 0 unspecified atom stereocenters. The van der Waals surface area contributed by atoms with Crippen molar-refractivity contribution in [3.8, 4) is 5.75 Å². The summed E-state index contributed by atoms with van der Waals surface area (Å²) in [5, 5.41) is 0.555. The van der Waals surface area contributed by atoms with E-state index in [0.29, 0.717) is 10.8 Å². The van der Waals surface area contributed by atoms with Gasteiger partial charge in [0.1, 0.15) is 5.75 Å². The fourth-order valence-electron chi connectivity index (χ4n) is 0.553. The molecule has 0 aliphatic heterocycles. The van der Waals surface area contributed by atoms with E-state index in [-0.39, 0.29) is 0 Å².